The fourth-order valence-electron chi connectivity index (χ4n) is 3.46. The third-order valence-corrected chi connectivity index (χ3v) is 10.7. The van der Waals surface area contributed by atoms with Gasteiger partial charge in [0.15, 0.2) is 0 Å². The van der Waals surface area contributed by atoms with Crippen LogP contribution in [-0.2, 0) is 20.0 Å². The number of sulfonamides is 2. The second-order valence-electron chi connectivity index (χ2n) is 8.59. The molecule has 0 radical (unpaired) electrons. The van der Waals surface area contributed by atoms with Gasteiger partial charge in [-0.1, -0.05) is 26.0 Å². The molecule has 10 heteroatoms. The van der Waals surface area contributed by atoms with E-state index in [0.717, 1.165) is 52.8 Å². The van der Waals surface area contributed by atoms with Crippen LogP contribution in [0, 0.1) is 12.3 Å². The molecule has 1 fully saturated rings. The summed E-state index contributed by atoms with van der Waals surface area (Å²) in [5.41, 5.74) is 2.68. The lowest BCUT2D eigenvalue weighted by molar-refractivity contribution is 0.280. The molecule has 0 bridgehead atoms. The molecule has 1 saturated heterocycles. The summed E-state index contributed by atoms with van der Waals surface area (Å²) in [6.07, 6.45) is 2.06. The molecule has 7 nitrogen and oxygen atoms in total. The van der Waals surface area contributed by atoms with Crippen molar-refractivity contribution in [1.82, 2.24) is 4.31 Å². The third-order valence-electron chi connectivity index (χ3n) is 5.47. The average molecular weight is 472 g/mol. The molecule has 1 aliphatic rings. The Hall–Kier alpha value is -1.62. The van der Waals surface area contributed by atoms with E-state index in [1.54, 1.807) is 6.07 Å². The summed E-state index contributed by atoms with van der Waals surface area (Å²) >= 11 is 0.746. The summed E-state index contributed by atoms with van der Waals surface area (Å²) in [6.45, 7) is 8.19. The minimum absolute atomic E-state index is 0.00407. The number of hydrogen-bond acceptors (Lipinski definition) is 6. The highest BCUT2D eigenvalue weighted by atomic mass is 32.3. The van der Waals surface area contributed by atoms with E-state index >= 15 is 0 Å². The SMILES string of the molecule is Cc1cccc(NS(=O)(=O)c2ccc(S(=O)(=O)N(C)C)s2)c1N1CCC(C)(C)CC1. The second-order valence-corrected chi connectivity index (χ2v) is 14.0. The fraction of sp³-hybridized carbons (Fsp3) is 0.500. The zero-order valence-electron chi connectivity index (χ0n) is 18.0. The lowest BCUT2D eigenvalue weighted by atomic mass is 9.82. The Morgan fingerprint density at radius 2 is 1.60 bits per heavy atom. The van der Waals surface area contributed by atoms with Crippen molar-refractivity contribution >= 4 is 42.8 Å². The van der Waals surface area contributed by atoms with Gasteiger partial charge in [-0.25, -0.2) is 21.1 Å². The van der Waals surface area contributed by atoms with Crippen LogP contribution in [0.1, 0.15) is 32.3 Å². The number of anilines is 2. The number of para-hydroxylation sites is 1. The summed E-state index contributed by atoms with van der Waals surface area (Å²) in [4.78, 5) is 2.23. The van der Waals surface area contributed by atoms with E-state index in [0.29, 0.717) is 5.69 Å². The molecule has 0 saturated carbocycles. The van der Waals surface area contributed by atoms with Gasteiger partial charge in [-0.2, -0.15) is 0 Å². The molecule has 2 aromatic rings. The van der Waals surface area contributed by atoms with E-state index in [-0.39, 0.29) is 13.8 Å². The van der Waals surface area contributed by atoms with Crippen LogP contribution in [0.2, 0.25) is 0 Å². The van der Waals surface area contributed by atoms with Gasteiger partial charge >= 0.3 is 0 Å². The third kappa shape index (κ3) is 4.66. The van der Waals surface area contributed by atoms with Crippen LogP contribution in [0.3, 0.4) is 0 Å². The highest BCUT2D eigenvalue weighted by Crippen LogP contribution is 2.38. The number of piperidine rings is 1. The molecule has 0 aliphatic carbocycles. The summed E-state index contributed by atoms with van der Waals surface area (Å²) in [7, 11) is -4.77. The van der Waals surface area contributed by atoms with E-state index in [1.165, 1.54) is 26.2 Å². The molecule has 3 rings (SSSR count). The quantitative estimate of drug-likeness (QED) is 0.694. The maximum atomic E-state index is 13.0. The van der Waals surface area contributed by atoms with Crippen molar-refractivity contribution in [3.8, 4) is 0 Å². The number of hydrogen-bond donors (Lipinski definition) is 1. The zero-order chi connectivity index (χ0) is 22.3. The van der Waals surface area contributed by atoms with Crippen LogP contribution >= 0.6 is 11.3 Å². The highest BCUT2D eigenvalue weighted by molar-refractivity contribution is 7.96. The van der Waals surface area contributed by atoms with Gasteiger partial charge in [0.25, 0.3) is 20.0 Å². The Labute approximate surface area is 183 Å². The van der Waals surface area contributed by atoms with Crippen LogP contribution < -0.4 is 9.62 Å². The molecule has 0 unspecified atom stereocenters. The molecule has 1 N–H and O–H groups in total. The van der Waals surface area contributed by atoms with Crippen molar-refractivity contribution in [2.24, 2.45) is 5.41 Å². The van der Waals surface area contributed by atoms with Gasteiger partial charge in [-0.05, 0) is 48.9 Å². The van der Waals surface area contributed by atoms with E-state index in [2.05, 4.69) is 23.5 Å². The Kier molecular flexibility index (Phi) is 6.26. The minimum atomic E-state index is -3.92. The highest BCUT2D eigenvalue weighted by Gasteiger charge is 2.29. The number of nitrogens with one attached hydrogen (secondary N) is 1. The predicted molar refractivity (Wildman–Crippen MR) is 122 cm³/mol. The molecule has 30 heavy (non-hydrogen) atoms. The van der Waals surface area contributed by atoms with Crippen molar-refractivity contribution in [3.63, 3.8) is 0 Å². The van der Waals surface area contributed by atoms with E-state index in [4.69, 9.17) is 0 Å². The molecule has 0 amide bonds. The predicted octanol–water partition coefficient (Wildman–Crippen LogP) is 3.73. The zero-order valence-corrected chi connectivity index (χ0v) is 20.4. The summed E-state index contributed by atoms with van der Waals surface area (Å²) < 4.78 is 54.4. The van der Waals surface area contributed by atoms with Crippen molar-refractivity contribution in [1.29, 1.82) is 0 Å². The Balaban J connectivity index is 1.92. The van der Waals surface area contributed by atoms with E-state index < -0.39 is 20.0 Å². The molecule has 1 aromatic carbocycles. The number of aryl methyl sites for hydroxylation is 1. The first kappa shape index (κ1) is 23.1. The summed E-state index contributed by atoms with van der Waals surface area (Å²) in [6, 6.07) is 8.21. The van der Waals surface area contributed by atoms with Crippen LogP contribution in [0.5, 0.6) is 0 Å². The van der Waals surface area contributed by atoms with Gasteiger partial charge in [-0.15, -0.1) is 11.3 Å². The van der Waals surface area contributed by atoms with Gasteiger partial charge in [-0.3, -0.25) is 4.72 Å². The number of nitrogens with zero attached hydrogens (tertiary/aromatic N) is 2. The minimum Gasteiger partial charge on any atom is -0.370 e. The van der Waals surface area contributed by atoms with E-state index in [1.807, 2.05) is 19.1 Å². The standard InChI is InChI=1S/C20H29N3O4S3/c1-15-7-6-8-16(19(15)23-13-11-20(2,3)12-14-23)21-29(24,25)17-9-10-18(28-17)30(26,27)22(4)5/h6-10,21H,11-14H2,1-5H3. The number of rotatable bonds is 6. The summed E-state index contributed by atoms with van der Waals surface area (Å²) in [5, 5.41) is 0. The first-order chi connectivity index (χ1) is 13.8. The van der Waals surface area contributed by atoms with Crippen LogP contribution in [0.25, 0.3) is 0 Å². The van der Waals surface area contributed by atoms with Crippen LogP contribution in [0.15, 0.2) is 38.8 Å². The Morgan fingerprint density at radius 3 is 2.20 bits per heavy atom. The smallest absolute Gasteiger partial charge is 0.271 e. The number of benzene rings is 1. The lowest BCUT2D eigenvalue weighted by Crippen LogP contribution is -2.38. The summed E-state index contributed by atoms with van der Waals surface area (Å²) in [5.74, 6) is 0. The van der Waals surface area contributed by atoms with Crippen LogP contribution in [0.4, 0.5) is 11.4 Å². The van der Waals surface area contributed by atoms with Crippen molar-refractivity contribution in [3.05, 3.63) is 35.9 Å². The molecule has 1 aliphatic heterocycles. The number of thiophene rings is 1. The molecule has 0 spiro atoms. The molecular formula is C20H29N3O4S3. The first-order valence-corrected chi connectivity index (χ1v) is 13.5. The van der Waals surface area contributed by atoms with Crippen molar-refractivity contribution in [2.45, 2.75) is 42.0 Å². The maximum Gasteiger partial charge on any atom is 0.271 e. The molecule has 166 valence electrons. The second kappa shape index (κ2) is 8.14. The molecule has 1 aromatic heterocycles. The monoisotopic (exact) mass is 471 g/mol. The van der Waals surface area contributed by atoms with Gasteiger partial charge in [0, 0.05) is 27.2 Å². The van der Waals surface area contributed by atoms with Crippen LogP contribution in [-0.4, -0.2) is 48.3 Å². The van der Waals surface area contributed by atoms with E-state index in [9.17, 15) is 16.8 Å². The fourth-order valence-corrected chi connectivity index (χ4v) is 7.46. The maximum absolute atomic E-state index is 13.0. The normalized spacial score (nSPS) is 17.3. The molecular weight excluding hydrogens is 442 g/mol. The van der Waals surface area contributed by atoms with Gasteiger partial charge in [0.05, 0.1) is 11.4 Å². The topological polar surface area (TPSA) is 86.8 Å². The first-order valence-electron chi connectivity index (χ1n) is 9.73. The average Bonchev–Trinajstić information content (AvgIpc) is 3.14. The van der Waals surface area contributed by atoms with Gasteiger partial charge < -0.3 is 4.90 Å². The Morgan fingerprint density at radius 1 is 1.00 bits per heavy atom. The van der Waals surface area contributed by atoms with Gasteiger partial charge in [0.1, 0.15) is 8.42 Å². The lowest BCUT2D eigenvalue weighted by Gasteiger charge is -2.39. The Bertz CT molecular complexity index is 1130. The van der Waals surface area contributed by atoms with Gasteiger partial charge in [0.2, 0.25) is 0 Å². The van der Waals surface area contributed by atoms with Crippen molar-refractivity contribution in [2.75, 3.05) is 36.8 Å². The largest absolute Gasteiger partial charge is 0.370 e. The molecule has 2 heterocycles. The molecule has 0 atom stereocenters. The van der Waals surface area contributed by atoms with Crippen molar-refractivity contribution < 1.29 is 16.8 Å².